The molecule has 0 spiro atoms. The van der Waals surface area contributed by atoms with Crippen molar-refractivity contribution in [3.63, 3.8) is 0 Å². The van der Waals surface area contributed by atoms with E-state index in [4.69, 9.17) is 4.52 Å². The van der Waals surface area contributed by atoms with Crippen molar-refractivity contribution in [2.45, 2.75) is 38.0 Å². The Bertz CT molecular complexity index is 535. The summed E-state index contributed by atoms with van der Waals surface area (Å²) in [7, 11) is -2.79. The van der Waals surface area contributed by atoms with Gasteiger partial charge in [-0.1, -0.05) is 5.16 Å². The van der Waals surface area contributed by atoms with Crippen LogP contribution in [0.1, 0.15) is 43.3 Å². The average molecular weight is 299 g/mol. The Kier molecular flexibility index (Phi) is 4.07. The molecule has 0 aromatic carbocycles. The zero-order chi connectivity index (χ0) is 14.0. The molecule has 6 nitrogen and oxygen atoms in total. The van der Waals surface area contributed by atoms with Gasteiger partial charge in [0.2, 0.25) is 5.89 Å². The molecule has 3 heterocycles. The molecule has 0 aliphatic carbocycles. The standard InChI is InChI=1S/C13H21N3O3S/c17-20(18)7-3-10(4-8-20)9-12-15-13(16-19-12)11-1-5-14-6-2-11/h10-11,14H,1-9H2. The molecule has 3 rings (SSSR count). The van der Waals surface area contributed by atoms with Crippen LogP contribution in [0.2, 0.25) is 0 Å². The fourth-order valence-electron chi connectivity index (χ4n) is 2.99. The highest BCUT2D eigenvalue weighted by Gasteiger charge is 2.26. The largest absolute Gasteiger partial charge is 0.339 e. The van der Waals surface area contributed by atoms with Gasteiger partial charge in [-0.15, -0.1) is 0 Å². The Morgan fingerprint density at radius 3 is 2.55 bits per heavy atom. The number of aromatic nitrogens is 2. The highest BCUT2D eigenvalue weighted by molar-refractivity contribution is 7.91. The minimum Gasteiger partial charge on any atom is -0.339 e. The molecule has 1 aromatic heterocycles. The number of piperidine rings is 1. The first-order valence-corrected chi connectivity index (χ1v) is 9.18. The Morgan fingerprint density at radius 1 is 1.15 bits per heavy atom. The van der Waals surface area contributed by atoms with Crippen LogP contribution in [0.5, 0.6) is 0 Å². The summed E-state index contributed by atoms with van der Waals surface area (Å²) in [6.07, 6.45) is 4.26. The molecular formula is C13H21N3O3S. The van der Waals surface area contributed by atoms with E-state index in [9.17, 15) is 8.42 Å². The highest BCUT2D eigenvalue weighted by Crippen LogP contribution is 2.25. The van der Waals surface area contributed by atoms with Gasteiger partial charge in [0.05, 0.1) is 11.5 Å². The quantitative estimate of drug-likeness (QED) is 0.892. The lowest BCUT2D eigenvalue weighted by Crippen LogP contribution is -2.27. The normalized spacial score (nSPS) is 24.8. The van der Waals surface area contributed by atoms with Crippen molar-refractivity contribution in [3.05, 3.63) is 11.7 Å². The second kappa shape index (κ2) is 5.81. The van der Waals surface area contributed by atoms with E-state index in [0.717, 1.165) is 31.8 Å². The molecule has 2 aliphatic heterocycles. The molecule has 20 heavy (non-hydrogen) atoms. The summed E-state index contributed by atoms with van der Waals surface area (Å²) in [6.45, 7) is 2.02. The predicted octanol–water partition coefficient (Wildman–Crippen LogP) is 0.904. The van der Waals surface area contributed by atoms with Crippen LogP contribution in [0.3, 0.4) is 0 Å². The second-order valence-electron chi connectivity index (χ2n) is 5.87. The molecule has 2 saturated heterocycles. The van der Waals surface area contributed by atoms with E-state index >= 15 is 0 Å². The van der Waals surface area contributed by atoms with E-state index in [1.54, 1.807) is 0 Å². The van der Waals surface area contributed by atoms with Crippen molar-refractivity contribution in [3.8, 4) is 0 Å². The lowest BCUT2D eigenvalue weighted by Gasteiger charge is -2.20. The van der Waals surface area contributed by atoms with Crippen LogP contribution < -0.4 is 5.32 Å². The number of rotatable bonds is 3. The zero-order valence-electron chi connectivity index (χ0n) is 11.5. The van der Waals surface area contributed by atoms with Crippen molar-refractivity contribution >= 4 is 9.84 Å². The fraction of sp³-hybridized carbons (Fsp3) is 0.846. The molecule has 1 N–H and O–H groups in total. The van der Waals surface area contributed by atoms with Crippen molar-refractivity contribution in [1.29, 1.82) is 0 Å². The third-order valence-electron chi connectivity index (χ3n) is 4.33. The first kappa shape index (κ1) is 14.0. The second-order valence-corrected chi connectivity index (χ2v) is 8.17. The first-order chi connectivity index (χ1) is 9.62. The maximum Gasteiger partial charge on any atom is 0.226 e. The van der Waals surface area contributed by atoms with Crippen molar-refractivity contribution in [2.75, 3.05) is 24.6 Å². The third-order valence-corrected chi connectivity index (χ3v) is 6.04. The summed E-state index contributed by atoms with van der Waals surface area (Å²) in [6, 6.07) is 0. The summed E-state index contributed by atoms with van der Waals surface area (Å²) in [5.74, 6) is 2.85. The summed E-state index contributed by atoms with van der Waals surface area (Å²) in [5, 5.41) is 7.42. The smallest absolute Gasteiger partial charge is 0.226 e. The Morgan fingerprint density at radius 2 is 1.85 bits per heavy atom. The molecular weight excluding hydrogens is 278 g/mol. The minimum absolute atomic E-state index is 0.299. The predicted molar refractivity (Wildman–Crippen MR) is 74.2 cm³/mol. The van der Waals surface area contributed by atoms with E-state index in [-0.39, 0.29) is 0 Å². The molecule has 7 heteroatoms. The number of hydrogen-bond acceptors (Lipinski definition) is 6. The lowest BCUT2D eigenvalue weighted by atomic mass is 9.97. The monoisotopic (exact) mass is 299 g/mol. The van der Waals surface area contributed by atoms with E-state index in [2.05, 4.69) is 15.5 Å². The Labute approximate surface area is 119 Å². The average Bonchev–Trinajstić information content (AvgIpc) is 2.91. The van der Waals surface area contributed by atoms with E-state index in [1.807, 2.05) is 0 Å². The van der Waals surface area contributed by atoms with E-state index in [1.165, 1.54) is 0 Å². The number of sulfone groups is 1. The number of hydrogen-bond donors (Lipinski definition) is 1. The molecule has 0 amide bonds. The molecule has 0 bridgehead atoms. The van der Waals surface area contributed by atoms with Crippen LogP contribution >= 0.6 is 0 Å². The summed E-state index contributed by atoms with van der Waals surface area (Å²) < 4.78 is 28.1. The topological polar surface area (TPSA) is 85.1 Å². The van der Waals surface area contributed by atoms with Crippen molar-refractivity contribution < 1.29 is 12.9 Å². The van der Waals surface area contributed by atoms with Crippen LogP contribution in [0.25, 0.3) is 0 Å². The molecule has 1 aromatic rings. The van der Waals surface area contributed by atoms with Gasteiger partial charge < -0.3 is 9.84 Å². The lowest BCUT2D eigenvalue weighted by molar-refractivity contribution is 0.334. The van der Waals surface area contributed by atoms with Gasteiger partial charge in [-0.2, -0.15) is 4.98 Å². The maximum absolute atomic E-state index is 11.4. The Hall–Kier alpha value is -0.950. The van der Waals surface area contributed by atoms with Crippen LogP contribution in [-0.2, 0) is 16.3 Å². The molecule has 2 fully saturated rings. The Balaban J connectivity index is 1.57. The minimum atomic E-state index is -2.79. The van der Waals surface area contributed by atoms with Gasteiger partial charge in [-0.05, 0) is 44.7 Å². The van der Waals surface area contributed by atoms with Crippen LogP contribution in [0.15, 0.2) is 4.52 Å². The zero-order valence-corrected chi connectivity index (χ0v) is 12.4. The maximum atomic E-state index is 11.4. The van der Waals surface area contributed by atoms with Gasteiger partial charge in [-0.25, -0.2) is 8.42 Å². The van der Waals surface area contributed by atoms with Crippen LogP contribution in [0.4, 0.5) is 0 Å². The molecule has 0 radical (unpaired) electrons. The first-order valence-electron chi connectivity index (χ1n) is 7.36. The summed E-state index contributed by atoms with van der Waals surface area (Å²) in [4.78, 5) is 4.51. The van der Waals surface area contributed by atoms with Gasteiger partial charge in [0.15, 0.2) is 5.82 Å². The number of nitrogens with zero attached hydrogens (tertiary/aromatic N) is 2. The third kappa shape index (κ3) is 3.38. The number of nitrogens with one attached hydrogen (secondary N) is 1. The van der Waals surface area contributed by atoms with Gasteiger partial charge in [0, 0.05) is 12.3 Å². The fourth-order valence-corrected chi connectivity index (χ4v) is 4.58. The molecule has 112 valence electrons. The van der Waals surface area contributed by atoms with E-state index in [0.29, 0.717) is 48.5 Å². The van der Waals surface area contributed by atoms with Gasteiger partial charge >= 0.3 is 0 Å². The van der Waals surface area contributed by atoms with Crippen LogP contribution in [0, 0.1) is 5.92 Å². The van der Waals surface area contributed by atoms with Crippen LogP contribution in [-0.4, -0.2) is 43.2 Å². The molecule has 0 atom stereocenters. The van der Waals surface area contributed by atoms with Gasteiger partial charge in [-0.3, -0.25) is 0 Å². The van der Waals surface area contributed by atoms with E-state index < -0.39 is 9.84 Å². The van der Waals surface area contributed by atoms with Crippen molar-refractivity contribution in [2.24, 2.45) is 5.92 Å². The summed E-state index contributed by atoms with van der Waals surface area (Å²) in [5.41, 5.74) is 0. The highest BCUT2D eigenvalue weighted by atomic mass is 32.2. The summed E-state index contributed by atoms with van der Waals surface area (Å²) >= 11 is 0. The van der Waals surface area contributed by atoms with Gasteiger partial charge in [0.25, 0.3) is 0 Å². The molecule has 0 saturated carbocycles. The molecule has 2 aliphatic rings. The molecule has 0 unspecified atom stereocenters. The van der Waals surface area contributed by atoms with Crippen molar-refractivity contribution in [1.82, 2.24) is 15.5 Å². The van der Waals surface area contributed by atoms with Gasteiger partial charge in [0.1, 0.15) is 9.84 Å². The SMILES string of the molecule is O=S1(=O)CCC(Cc2nc(C3CCNCC3)no2)CC1.